The molecule has 36 heavy (non-hydrogen) atoms. The summed E-state index contributed by atoms with van der Waals surface area (Å²) >= 11 is 1.05. The number of aromatic hydroxyl groups is 1. The standard InChI is InChI=1S/C25H31F2N7OS/c1-13-9-20(33-32-13)31-25(21(16-7-8-16)14(2)17(11-28)12-29-4)30-15(3)34(5)23-18(26)10-19(36-6)24(35)22(23)27/h9-12,16,35H,2,7-8,28H2,1,3-6H3,(H2,31,32,33)/b17-11+,25-21-,29-12?,30-15+. The fourth-order valence-electron chi connectivity index (χ4n) is 3.67. The van der Waals surface area contributed by atoms with Crippen molar-refractivity contribution < 1.29 is 13.9 Å². The Balaban J connectivity index is 2.15. The van der Waals surface area contributed by atoms with Crippen LogP contribution in [0.15, 0.2) is 62.3 Å². The Kier molecular flexibility index (Phi) is 8.57. The quantitative estimate of drug-likeness (QED) is 0.160. The highest BCUT2D eigenvalue weighted by Crippen LogP contribution is 2.43. The molecular weight excluding hydrogens is 484 g/mol. The lowest BCUT2D eigenvalue weighted by Crippen LogP contribution is -2.26. The van der Waals surface area contributed by atoms with Gasteiger partial charge < -0.3 is 21.1 Å². The van der Waals surface area contributed by atoms with Gasteiger partial charge in [-0.1, -0.05) is 6.58 Å². The van der Waals surface area contributed by atoms with Gasteiger partial charge in [-0.15, -0.1) is 11.8 Å². The van der Waals surface area contributed by atoms with Crippen molar-refractivity contribution in [1.82, 2.24) is 10.2 Å². The average molecular weight is 516 g/mol. The van der Waals surface area contributed by atoms with E-state index in [0.717, 1.165) is 41.9 Å². The summed E-state index contributed by atoms with van der Waals surface area (Å²) in [5.41, 5.74) is 8.36. The number of phenols is 1. The largest absolute Gasteiger partial charge is 0.504 e. The van der Waals surface area contributed by atoms with E-state index in [4.69, 9.17) is 10.7 Å². The van der Waals surface area contributed by atoms with E-state index < -0.39 is 23.1 Å². The molecule has 0 atom stereocenters. The predicted molar refractivity (Wildman–Crippen MR) is 144 cm³/mol. The van der Waals surface area contributed by atoms with Crippen LogP contribution in [0.5, 0.6) is 5.75 Å². The highest BCUT2D eigenvalue weighted by atomic mass is 32.2. The Hall–Kier alpha value is -3.60. The zero-order valence-electron chi connectivity index (χ0n) is 21.0. The van der Waals surface area contributed by atoms with E-state index in [1.165, 1.54) is 18.1 Å². The number of halogens is 2. The van der Waals surface area contributed by atoms with Crippen LogP contribution in [-0.4, -0.2) is 47.7 Å². The summed E-state index contributed by atoms with van der Waals surface area (Å²) in [6.45, 7) is 7.73. The van der Waals surface area contributed by atoms with Crippen molar-refractivity contribution in [2.45, 2.75) is 31.6 Å². The number of allylic oxidation sites excluding steroid dienone is 3. The van der Waals surface area contributed by atoms with Crippen LogP contribution < -0.4 is 16.0 Å². The minimum atomic E-state index is -1.06. The van der Waals surface area contributed by atoms with Gasteiger partial charge in [-0.3, -0.25) is 10.1 Å². The van der Waals surface area contributed by atoms with Gasteiger partial charge in [0.15, 0.2) is 23.2 Å². The van der Waals surface area contributed by atoms with E-state index in [1.54, 1.807) is 26.4 Å². The summed E-state index contributed by atoms with van der Waals surface area (Å²) in [7, 11) is 3.12. The molecule has 0 aliphatic heterocycles. The van der Waals surface area contributed by atoms with Crippen LogP contribution >= 0.6 is 11.8 Å². The van der Waals surface area contributed by atoms with E-state index in [2.05, 4.69) is 27.1 Å². The van der Waals surface area contributed by atoms with Gasteiger partial charge in [-0.25, -0.2) is 13.8 Å². The van der Waals surface area contributed by atoms with Crippen molar-refractivity contribution in [3.8, 4) is 5.75 Å². The average Bonchev–Trinajstić information content (AvgIpc) is 3.59. The number of rotatable bonds is 9. The number of benzene rings is 1. The summed E-state index contributed by atoms with van der Waals surface area (Å²) in [6.07, 6.45) is 6.53. The van der Waals surface area contributed by atoms with Crippen molar-refractivity contribution >= 4 is 35.3 Å². The summed E-state index contributed by atoms with van der Waals surface area (Å²) in [5.74, 6) is -1.09. The fourth-order valence-corrected chi connectivity index (χ4v) is 4.17. The van der Waals surface area contributed by atoms with Crippen LogP contribution in [0.25, 0.3) is 0 Å². The molecule has 0 radical (unpaired) electrons. The molecule has 1 fully saturated rings. The second-order valence-electron chi connectivity index (χ2n) is 8.38. The molecule has 1 aliphatic rings. The van der Waals surface area contributed by atoms with Gasteiger partial charge in [0.1, 0.15) is 17.3 Å². The van der Waals surface area contributed by atoms with Crippen molar-refractivity contribution in [2.75, 3.05) is 30.6 Å². The van der Waals surface area contributed by atoms with Gasteiger partial charge in [-0.2, -0.15) is 5.10 Å². The summed E-state index contributed by atoms with van der Waals surface area (Å²) in [4.78, 5) is 10.2. The van der Waals surface area contributed by atoms with E-state index in [0.29, 0.717) is 22.8 Å². The summed E-state index contributed by atoms with van der Waals surface area (Å²) in [5, 5.41) is 20.5. The smallest absolute Gasteiger partial charge is 0.192 e. The van der Waals surface area contributed by atoms with Crippen molar-refractivity contribution in [2.24, 2.45) is 21.6 Å². The van der Waals surface area contributed by atoms with Crippen LogP contribution in [0, 0.1) is 24.5 Å². The fraction of sp³-hybridized carbons (Fsp3) is 0.320. The maximum atomic E-state index is 15.0. The second-order valence-corrected chi connectivity index (χ2v) is 9.22. The predicted octanol–water partition coefficient (Wildman–Crippen LogP) is 5.11. The number of hydrogen-bond donors (Lipinski definition) is 4. The molecule has 0 bridgehead atoms. The first-order chi connectivity index (χ1) is 17.1. The molecule has 3 rings (SSSR count). The lowest BCUT2D eigenvalue weighted by Gasteiger charge is -2.23. The maximum Gasteiger partial charge on any atom is 0.192 e. The molecule has 2 aromatic rings. The normalized spacial score (nSPS) is 15.3. The number of nitrogens with two attached hydrogens (primary N) is 1. The van der Waals surface area contributed by atoms with Gasteiger partial charge in [0.25, 0.3) is 0 Å². The molecular formula is C25H31F2N7OS. The number of nitrogens with zero attached hydrogens (tertiary/aromatic N) is 4. The van der Waals surface area contributed by atoms with E-state index in [1.807, 2.05) is 13.0 Å². The van der Waals surface area contributed by atoms with Crippen molar-refractivity contribution in [3.63, 3.8) is 0 Å². The SMILES string of the molecule is C=C(/C(C=NC)=C/N)/C(=C(\N=C(/C)N(C)c1c(F)cc(SC)c(O)c1F)Nc1cc(C)[nH]n1)C1CC1. The highest BCUT2D eigenvalue weighted by molar-refractivity contribution is 7.98. The number of aromatic nitrogens is 2. The third-order valence-corrected chi connectivity index (χ3v) is 6.51. The van der Waals surface area contributed by atoms with Gasteiger partial charge in [-0.05, 0) is 50.5 Å². The minimum absolute atomic E-state index is 0.110. The third kappa shape index (κ3) is 5.78. The minimum Gasteiger partial charge on any atom is -0.504 e. The number of thioether (sulfide) groups is 1. The molecule has 1 aromatic carbocycles. The lowest BCUT2D eigenvalue weighted by molar-refractivity contribution is 0.416. The number of aromatic amines is 1. The topological polar surface area (TPSA) is 115 Å². The third-order valence-electron chi connectivity index (χ3n) is 5.76. The Morgan fingerprint density at radius 3 is 2.61 bits per heavy atom. The molecule has 0 amide bonds. The molecule has 11 heteroatoms. The molecule has 0 unspecified atom stereocenters. The second kappa shape index (κ2) is 11.4. The molecule has 8 nitrogen and oxygen atoms in total. The number of aliphatic imine (C=N–C) groups is 2. The molecule has 0 spiro atoms. The van der Waals surface area contributed by atoms with Crippen LogP contribution in [0.3, 0.4) is 0 Å². The van der Waals surface area contributed by atoms with E-state index >= 15 is 0 Å². The van der Waals surface area contributed by atoms with Gasteiger partial charge in [0.2, 0.25) is 0 Å². The van der Waals surface area contributed by atoms with Crippen molar-refractivity contribution in [1.29, 1.82) is 0 Å². The Morgan fingerprint density at radius 2 is 2.08 bits per heavy atom. The zero-order chi connectivity index (χ0) is 26.6. The molecule has 0 saturated heterocycles. The van der Waals surface area contributed by atoms with Crippen LogP contribution in [0.1, 0.15) is 25.5 Å². The number of hydrogen-bond acceptors (Lipinski definition) is 7. The molecule has 5 N–H and O–H groups in total. The first-order valence-electron chi connectivity index (χ1n) is 11.2. The van der Waals surface area contributed by atoms with Crippen LogP contribution in [0.4, 0.5) is 20.3 Å². The first kappa shape index (κ1) is 27.0. The monoisotopic (exact) mass is 515 g/mol. The Bertz CT molecular complexity index is 1280. The number of anilines is 2. The number of amidine groups is 1. The molecule has 1 saturated carbocycles. The Labute approximate surface area is 213 Å². The molecule has 1 aromatic heterocycles. The Morgan fingerprint density at radius 1 is 1.39 bits per heavy atom. The molecule has 1 aliphatic carbocycles. The number of aryl methyl sites for hydroxylation is 1. The zero-order valence-corrected chi connectivity index (χ0v) is 21.8. The van der Waals surface area contributed by atoms with Crippen LogP contribution in [-0.2, 0) is 0 Å². The van der Waals surface area contributed by atoms with Gasteiger partial charge >= 0.3 is 0 Å². The lowest BCUT2D eigenvalue weighted by atomic mass is 9.96. The summed E-state index contributed by atoms with van der Waals surface area (Å²) in [6, 6.07) is 2.91. The van der Waals surface area contributed by atoms with Gasteiger partial charge in [0, 0.05) is 49.4 Å². The van der Waals surface area contributed by atoms with Crippen molar-refractivity contribution in [3.05, 3.63) is 64.8 Å². The molecule has 1 heterocycles. The number of nitrogens with one attached hydrogen (secondary N) is 2. The highest BCUT2D eigenvalue weighted by Gasteiger charge is 2.32. The van der Waals surface area contributed by atoms with E-state index in [9.17, 15) is 13.9 Å². The molecule has 192 valence electrons. The number of H-pyrrole nitrogens is 1. The number of phenolic OH excluding ortho intramolecular Hbond substituents is 1. The maximum absolute atomic E-state index is 15.0. The first-order valence-corrected chi connectivity index (χ1v) is 12.5. The van der Waals surface area contributed by atoms with E-state index in [-0.39, 0.29) is 16.6 Å². The van der Waals surface area contributed by atoms with Crippen LogP contribution in [0.2, 0.25) is 0 Å². The van der Waals surface area contributed by atoms with Gasteiger partial charge in [0.05, 0.1) is 4.90 Å². The summed E-state index contributed by atoms with van der Waals surface area (Å²) < 4.78 is 29.9.